The minimum absolute atomic E-state index is 0.0187. The smallest absolute Gasteiger partial charge is 0.472 e. The number of ether oxygens (including phenoxy) is 2. The standard InChI is InChI=1S/C46H78NO11P/c1-3-5-7-8-9-10-11-12-13-16-19-22-25-28-32-36-44(49)55-38-42(39-56-59(53,54)57-40-43(47)46(51)52)58-45(50)37-33-29-26-23-20-17-14-15-18-21-24-27-31-35-41(48)34-30-6-4-2/h6,15,17-18,20,24,26-27,29-31,35,41-43,48H,3-5,7-14,16,19,21-23,25,28,32-34,36-40,47H2,1-2H3,(H,51,52)(H,53,54)/b18-15-,20-17-,27-24+,29-26-,30-6-,35-31+/t41?,42-,43+/m1/s1. The topological polar surface area (TPSA) is 192 Å². The minimum Gasteiger partial charge on any atom is -0.480 e. The Hall–Kier alpha value is -3.12. The molecule has 12 nitrogen and oxygen atoms in total. The number of hydrogen-bond acceptors (Lipinski definition) is 10. The Morgan fingerprint density at radius 2 is 1.15 bits per heavy atom. The van der Waals surface area contributed by atoms with Crippen LogP contribution in [0.25, 0.3) is 0 Å². The molecule has 5 N–H and O–H groups in total. The summed E-state index contributed by atoms with van der Waals surface area (Å²) < 4.78 is 32.6. The zero-order valence-electron chi connectivity index (χ0n) is 36.2. The van der Waals surface area contributed by atoms with Gasteiger partial charge in [0.2, 0.25) is 0 Å². The lowest BCUT2D eigenvalue weighted by Crippen LogP contribution is -2.34. The van der Waals surface area contributed by atoms with Crippen molar-refractivity contribution in [2.75, 3.05) is 19.8 Å². The van der Waals surface area contributed by atoms with Gasteiger partial charge < -0.3 is 30.3 Å². The van der Waals surface area contributed by atoms with Crippen LogP contribution in [0.15, 0.2) is 72.9 Å². The highest BCUT2D eigenvalue weighted by Gasteiger charge is 2.28. The van der Waals surface area contributed by atoms with Crippen molar-refractivity contribution in [2.45, 2.75) is 180 Å². The summed E-state index contributed by atoms with van der Waals surface area (Å²) in [6.07, 6.45) is 44.5. The molecule has 0 radical (unpaired) electrons. The third-order valence-electron chi connectivity index (χ3n) is 9.06. The first-order valence-corrected chi connectivity index (χ1v) is 23.6. The van der Waals surface area contributed by atoms with Gasteiger partial charge in [0.25, 0.3) is 0 Å². The number of aliphatic hydroxyl groups excluding tert-OH is 1. The quantitative estimate of drug-likeness (QED) is 0.0150. The number of nitrogens with two attached hydrogens (primary N) is 1. The number of allylic oxidation sites excluding steroid dienone is 10. The van der Waals surface area contributed by atoms with Gasteiger partial charge in [-0.2, -0.15) is 0 Å². The number of phosphoric ester groups is 1. The molecule has 0 saturated carbocycles. The van der Waals surface area contributed by atoms with Gasteiger partial charge in [0, 0.05) is 12.8 Å². The van der Waals surface area contributed by atoms with Crippen LogP contribution in [0.3, 0.4) is 0 Å². The Labute approximate surface area is 355 Å². The summed E-state index contributed by atoms with van der Waals surface area (Å²) in [5.74, 6) is -2.52. The molecule has 0 amide bonds. The molecule has 0 aromatic heterocycles. The van der Waals surface area contributed by atoms with Crippen molar-refractivity contribution in [2.24, 2.45) is 5.73 Å². The summed E-state index contributed by atoms with van der Waals surface area (Å²) >= 11 is 0. The van der Waals surface area contributed by atoms with E-state index >= 15 is 0 Å². The average molecular weight is 852 g/mol. The molecule has 0 aromatic rings. The van der Waals surface area contributed by atoms with Crippen LogP contribution in [0.4, 0.5) is 0 Å². The van der Waals surface area contributed by atoms with Crippen LogP contribution in [0, 0.1) is 0 Å². The molecule has 338 valence electrons. The van der Waals surface area contributed by atoms with Crippen LogP contribution >= 0.6 is 7.82 Å². The van der Waals surface area contributed by atoms with Gasteiger partial charge in [-0.05, 0) is 44.9 Å². The molecule has 0 saturated heterocycles. The van der Waals surface area contributed by atoms with Crippen LogP contribution in [-0.4, -0.2) is 71.1 Å². The van der Waals surface area contributed by atoms with Crippen LogP contribution in [0.5, 0.6) is 0 Å². The van der Waals surface area contributed by atoms with E-state index in [2.05, 4.69) is 30.5 Å². The first-order chi connectivity index (χ1) is 28.5. The molecule has 0 rings (SSSR count). The zero-order valence-corrected chi connectivity index (χ0v) is 37.1. The molecule has 0 heterocycles. The van der Waals surface area contributed by atoms with Gasteiger partial charge in [0.1, 0.15) is 12.6 Å². The van der Waals surface area contributed by atoms with Crippen LogP contribution in [0.2, 0.25) is 0 Å². The summed E-state index contributed by atoms with van der Waals surface area (Å²) in [6.45, 7) is 2.51. The second-order valence-corrected chi connectivity index (χ2v) is 16.1. The van der Waals surface area contributed by atoms with Crippen LogP contribution < -0.4 is 5.73 Å². The third kappa shape index (κ3) is 40.1. The van der Waals surface area contributed by atoms with E-state index in [1.54, 1.807) is 6.08 Å². The van der Waals surface area contributed by atoms with Crippen molar-refractivity contribution >= 4 is 25.7 Å². The van der Waals surface area contributed by atoms with Gasteiger partial charge >= 0.3 is 25.7 Å². The van der Waals surface area contributed by atoms with E-state index in [1.165, 1.54) is 70.6 Å². The fourth-order valence-corrected chi connectivity index (χ4v) is 6.36. The Bertz CT molecular complexity index is 1290. The maximum atomic E-state index is 12.6. The Balaban J connectivity index is 4.53. The fourth-order valence-electron chi connectivity index (χ4n) is 5.59. The van der Waals surface area contributed by atoms with Gasteiger partial charge in [-0.25, -0.2) is 4.57 Å². The molecule has 0 aliphatic heterocycles. The molecule has 0 fully saturated rings. The van der Waals surface area contributed by atoms with Crippen molar-refractivity contribution in [3.63, 3.8) is 0 Å². The van der Waals surface area contributed by atoms with E-state index in [-0.39, 0.29) is 19.4 Å². The summed E-state index contributed by atoms with van der Waals surface area (Å²) in [6, 6.07) is -1.54. The van der Waals surface area contributed by atoms with E-state index in [9.17, 15) is 28.9 Å². The third-order valence-corrected chi connectivity index (χ3v) is 10.0. The fraction of sp³-hybridized carbons (Fsp3) is 0.674. The predicted octanol–water partition coefficient (Wildman–Crippen LogP) is 10.7. The number of carboxylic acid groups (broad SMARTS) is 1. The predicted molar refractivity (Wildman–Crippen MR) is 237 cm³/mol. The van der Waals surface area contributed by atoms with Crippen molar-refractivity contribution in [1.82, 2.24) is 0 Å². The highest BCUT2D eigenvalue weighted by Crippen LogP contribution is 2.43. The molecule has 0 bridgehead atoms. The number of unbranched alkanes of at least 4 members (excludes halogenated alkanes) is 14. The lowest BCUT2D eigenvalue weighted by Gasteiger charge is -2.20. The lowest BCUT2D eigenvalue weighted by atomic mass is 10.0. The van der Waals surface area contributed by atoms with Gasteiger partial charge in [0.05, 0.1) is 19.3 Å². The molecule has 59 heavy (non-hydrogen) atoms. The number of carboxylic acids is 1. The summed E-state index contributed by atoms with van der Waals surface area (Å²) in [7, 11) is -4.75. The van der Waals surface area contributed by atoms with E-state index in [0.29, 0.717) is 25.7 Å². The summed E-state index contributed by atoms with van der Waals surface area (Å²) in [5, 5.41) is 18.7. The molecule has 0 aliphatic carbocycles. The van der Waals surface area contributed by atoms with Gasteiger partial charge in [-0.15, -0.1) is 0 Å². The van der Waals surface area contributed by atoms with E-state index < -0.39 is 57.2 Å². The summed E-state index contributed by atoms with van der Waals surface area (Å²) in [4.78, 5) is 45.9. The Morgan fingerprint density at radius 1 is 0.627 bits per heavy atom. The number of phosphoric acid groups is 1. The molecule has 0 aliphatic rings. The SMILES string of the molecule is CC/C=C\CC(O)/C=C/C=C/C/C=C\C/C=C\C/C=C\CCC(=O)O[C@H](COC(=O)CCCCCCCCCCCCCCCCC)COP(=O)(O)OC[C@H](N)C(=O)O. The highest BCUT2D eigenvalue weighted by molar-refractivity contribution is 7.47. The Kier molecular flexibility index (Phi) is 38.2. The van der Waals surface area contributed by atoms with Gasteiger partial charge in [-0.3, -0.25) is 23.4 Å². The number of esters is 2. The first kappa shape index (κ1) is 55.9. The van der Waals surface area contributed by atoms with Crippen molar-refractivity contribution < 1.29 is 52.6 Å². The van der Waals surface area contributed by atoms with Crippen LogP contribution in [0.1, 0.15) is 162 Å². The van der Waals surface area contributed by atoms with Crippen LogP contribution in [-0.2, 0) is 37.5 Å². The summed E-state index contributed by atoms with van der Waals surface area (Å²) in [5.41, 5.74) is 5.32. The van der Waals surface area contributed by atoms with E-state index in [1.807, 2.05) is 54.7 Å². The lowest BCUT2D eigenvalue weighted by molar-refractivity contribution is -0.161. The molecule has 4 atom stereocenters. The van der Waals surface area contributed by atoms with E-state index in [0.717, 1.165) is 38.5 Å². The maximum Gasteiger partial charge on any atom is 0.472 e. The van der Waals surface area contributed by atoms with Gasteiger partial charge in [0.15, 0.2) is 6.10 Å². The van der Waals surface area contributed by atoms with Crippen molar-refractivity contribution in [1.29, 1.82) is 0 Å². The maximum absolute atomic E-state index is 12.6. The van der Waals surface area contributed by atoms with Crippen molar-refractivity contribution in [3.05, 3.63) is 72.9 Å². The first-order valence-electron chi connectivity index (χ1n) is 22.1. The average Bonchev–Trinajstić information content (AvgIpc) is 3.20. The monoisotopic (exact) mass is 852 g/mol. The van der Waals surface area contributed by atoms with Gasteiger partial charge in [-0.1, -0.05) is 177 Å². The number of rotatable bonds is 40. The molecule has 0 aromatic carbocycles. The molecule has 13 heteroatoms. The number of hydrogen-bond donors (Lipinski definition) is 4. The molecular weight excluding hydrogens is 773 g/mol. The second kappa shape index (κ2) is 40.3. The number of carbonyl (C=O) groups is 3. The normalized spacial score (nSPS) is 14.9. The van der Waals surface area contributed by atoms with Crippen molar-refractivity contribution in [3.8, 4) is 0 Å². The zero-order chi connectivity index (χ0) is 43.7. The molecule has 0 spiro atoms. The van der Waals surface area contributed by atoms with E-state index in [4.69, 9.17) is 24.8 Å². The minimum atomic E-state index is -4.75. The molecule has 2 unspecified atom stereocenters. The molecular formula is C46H78NO11P. The number of aliphatic carboxylic acids is 1. The Morgan fingerprint density at radius 3 is 1.71 bits per heavy atom. The number of carbonyl (C=O) groups excluding carboxylic acids is 2. The number of aliphatic hydroxyl groups is 1. The highest BCUT2D eigenvalue weighted by atomic mass is 31.2. The largest absolute Gasteiger partial charge is 0.480 e. The second-order valence-electron chi connectivity index (χ2n) is 14.7.